The highest BCUT2D eigenvalue weighted by molar-refractivity contribution is 8.00. The van der Waals surface area contributed by atoms with Crippen molar-refractivity contribution in [3.05, 3.63) is 0 Å². The third kappa shape index (κ3) is 4.29. The molecule has 0 aromatic rings. The monoisotopic (exact) mass is 257 g/mol. The second kappa shape index (κ2) is 4.93. The smallest absolute Gasteiger partial charge is 0.124 e. The van der Waals surface area contributed by atoms with E-state index >= 15 is 0 Å². The lowest BCUT2D eigenvalue weighted by molar-refractivity contribution is -0.113. The van der Waals surface area contributed by atoms with Crippen LogP contribution in [-0.2, 0) is 4.79 Å². The van der Waals surface area contributed by atoms with E-state index in [0.717, 1.165) is 25.0 Å². The Morgan fingerprint density at radius 1 is 1.18 bits per heavy atom. The first kappa shape index (κ1) is 15.0. The number of hydrogen-bond donors (Lipinski definition) is 1. The summed E-state index contributed by atoms with van der Waals surface area (Å²) in [7, 11) is 0. The third-order valence-corrected chi connectivity index (χ3v) is 5.16. The maximum atomic E-state index is 11.3. The highest BCUT2D eigenvalue weighted by atomic mass is 32.2. The second-order valence-electron chi connectivity index (χ2n) is 7.22. The van der Waals surface area contributed by atoms with Crippen molar-refractivity contribution in [3.8, 4) is 0 Å². The maximum Gasteiger partial charge on any atom is 0.124 e. The van der Waals surface area contributed by atoms with E-state index in [1.807, 2.05) is 11.8 Å². The molecule has 1 aliphatic rings. The van der Waals surface area contributed by atoms with Gasteiger partial charge < -0.3 is 10.1 Å². The van der Waals surface area contributed by atoms with Gasteiger partial charge in [0.15, 0.2) is 0 Å². The largest absolute Gasteiger partial charge is 0.310 e. The molecule has 1 aliphatic heterocycles. The van der Waals surface area contributed by atoms with Crippen molar-refractivity contribution < 1.29 is 4.79 Å². The van der Waals surface area contributed by atoms with Gasteiger partial charge in [-0.15, -0.1) is 0 Å². The molecule has 1 N–H and O–H groups in total. The zero-order valence-corrected chi connectivity index (χ0v) is 12.9. The Kier molecular flexibility index (Phi) is 4.36. The second-order valence-corrected chi connectivity index (χ2v) is 8.94. The molecule has 100 valence electrons. The number of aldehydes is 1. The van der Waals surface area contributed by atoms with E-state index in [2.05, 4.69) is 46.9 Å². The number of hydrogen-bond acceptors (Lipinski definition) is 3. The first-order valence-electron chi connectivity index (χ1n) is 6.42. The number of thioether (sulfide) groups is 1. The van der Waals surface area contributed by atoms with Crippen LogP contribution >= 0.6 is 11.8 Å². The van der Waals surface area contributed by atoms with Gasteiger partial charge in [0, 0.05) is 28.5 Å². The predicted molar refractivity (Wildman–Crippen MR) is 76.6 cm³/mol. The van der Waals surface area contributed by atoms with Crippen LogP contribution in [0.3, 0.4) is 0 Å². The summed E-state index contributed by atoms with van der Waals surface area (Å²) in [6.45, 7) is 14.4. The third-order valence-electron chi connectivity index (χ3n) is 3.71. The Morgan fingerprint density at radius 3 is 2.29 bits per heavy atom. The molecule has 0 amide bonds. The zero-order valence-electron chi connectivity index (χ0n) is 12.1. The molecule has 0 spiro atoms. The maximum absolute atomic E-state index is 11.3. The average Bonchev–Trinajstić information content (AvgIpc) is 2.15. The predicted octanol–water partition coefficient (Wildman–Crippen LogP) is 3.11. The van der Waals surface area contributed by atoms with Crippen molar-refractivity contribution in [1.82, 2.24) is 5.32 Å². The van der Waals surface area contributed by atoms with Crippen LogP contribution in [0.5, 0.6) is 0 Å². The first-order valence-corrected chi connectivity index (χ1v) is 7.41. The van der Waals surface area contributed by atoms with Gasteiger partial charge in [0.1, 0.15) is 6.29 Å². The van der Waals surface area contributed by atoms with Crippen molar-refractivity contribution in [2.24, 2.45) is 11.3 Å². The Hall–Kier alpha value is -0.0200. The minimum Gasteiger partial charge on any atom is -0.310 e. The van der Waals surface area contributed by atoms with Gasteiger partial charge in [0.25, 0.3) is 0 Å². The molecular weight excluding hydrogens is 230 g/mol. The van der Waals surface area contributed by atoms with Crippen molar-refractivity contribution >= 4 is 18.0 Å². The quantitative estimate of drug-likeness (QED) is 0.732. The topological polar surface area (TPSA) is 29.1 Å². The Morgan fingerprint density at radius 2 is 1.76 bits per heavy atom. The van der Waals surface area contributed by atoms with Crippen molar-refractivity contribution in [2.75, 3.05) is 12.3 Å². The normalized spacial score (nSPS) is 32.0. The summed E-state index contributed by atoms with van der Waals surface area (Å²) < 4.78 is 0.193. The van der Waals surface area contributed by atoms with Gasteiger partial charge in [-0.05, 0) is 39.5 Å². The first-order chi connectivity index (χ1) is 7.58. The number of carbonyl (C=O) groups is 1. The molecule has 1 unspecified atom stereocenters. The minimum atomic E-state index is 0.0612. The Labute approximate surface area is 110 Å². The van der Waals surface area contributed by atoms with E-state index in [1.54, 1.807) is 0 Å². The van der Waals surface area contributed by atoms with E-state index in [9.17, 15) is 4.79 Å². The van der Waals surface area contributed by atoms with Gasteiger partial charge in [0.2, 0.25) is 0 Å². The Balaban J connectivity index is 2.96. The lowest BCUT2D eigenvalue weighted by Gasteiger charge is -2.38. The van der Waals surface area contributed by atoms with Crippen LogP contribution in [0.1, 0.15) is 48.0 Å². The molecule has 3 heteroatoms. The van der Waals surface area contributed by atoms with Crippen molar-refractivity contribution in [3.63, 3.8) is 0 Å². The van der Waals surface area contributed by atoms with Gasteiger partial charge in [-0.25, -0.2) is 0 Å². The van der Waals surface area contributed by atoms with E-state index in [-0.39, 0.29) is 21.6 Å². The standard InChI is InChI=1S/C14H27NOS/c1-12(2)9-13(3,4)15-10-14(5,6)17-8-11(12)7-16/h7,11,15H,8-10H2,1-6H3. The molecule has 0 aromatic heterocycles. The Bertz CT molecular complexity index is 284. The number of rotatable bonds is 1. The van der Waals surface area contributed by atoms with Gasteiger partial charge >= 0.3 is 0 Å². The summed E-state index contributed by atoms with van der Waals surface area (Å²) in [6.07, 6.45) is 2.19. The molecule has 1 atom stereocenters. The summed E-state index contributed by atoms with van der Waals surface area (Å²) in [6, 6.07) is 0. The highest BCUT2D eigenvalue weighted by Gasteiger charge is 2.38. The zero-order chi connectivity index (χ0) is 13.3. The van der Waals surface area contributed by atoms with Crippen LogP contribution in [-0.4, -0.2) is 28.9 Å². The summed E-state index contributed by atoms with van der Waals surface area (Å²) in [5.74, 6) is 1.08. The molecule has 1 saturated heterocycles. The molecular formula is C14H27NOS. The molecule has 1 rings (SSSR count). The molecule has 0 radical (unpaired) electrons. The number of nitrogens with one attached hydrogen (secondary N) is 1. The molecule has 1 heterocycles. The van der Waals surface area contributed by atoms with Gasteiger partial charge in [-0.1, -0.05) is 13.8 Å². The molecule has 0 bridgehead atoms. The van der Waals surface area contributed by atoms with Crippen LogP contribution in [0.2, 0.25) is 0 Å². The summed E-state index contributed by atoms with van der Waals surface area (Å²) in [5.41, 5.74) is 0.151. The van der Waals surface area contributed by atoms with Crippen LogP contribution in [0.15, 0.2) is 0 Å². The highest BCUT2D eigenvalue weighted by Crippen LogP contribution is 2.40. The molecule has 0 aromatic carbocycles. The van der Waals surface area contributed by atoms with E-state index in [4.69, 9.17) is 0 Å². The molecule has 0 aliphatic carbocycles. The van der Waals surface area contributed by atoms with Gasteiger partial charge in [0.05, 0.1) is 0 Å². The molecule has 2 nitrogen and oxygen atoms in total. The minimum absolute atomic E-state index is 0.0612. The average molecular weight is 257 g/mol. The number of carbonyl (C=O) groups excluding carboxylic acids is 1. The van der Waals surface area contributed by atoms with Crippen LogP contribution in [0.25, 0.3) is 0 Å². The van der Waals surface area contributed by atoms with E-state index in [0.29, 0.717) is 0 Å². The molecule has 17 heavy (non-hydrogen) atoms. The summed E-state index contributed by atoms with van der Waals surface area (Å²) in [5, 5.41) is 3.65. The van der Waals surface area contributed by atoms with Gasteiger partial charge in [-0.2, -0.15) is 11.8 Å². The van der Waals surface area contributed by atoms with Gasteiger partial charge in [-0.3, -0.25) is 0 Å². The molecule has 1 fully saturated rings. The van der Waals surface area contributed by atoms with Crippen LogP contribution in [0.4, 0.5) is 0 Å². The molecule has 0 saturated carbocycles. The van der Waals surface area contributed by atoms with Crippen molar-refractivity contribution in [2.45, 2.75) is 58.2 Å². The van der Waals surface area contributed by atoms with Crippen LogP contribution in [0, 0.1) is 11.3 Å². The summed E-state index contributed by atoms with van der Waals surface area (Å²) in [4.78, 5) is 11.3. The van der Waals surface area contributed by atoms with Crippen molar-refractivity contribution in [1.29, 1.82) is 0 Å². The summed E-state index contributed by atoms with van der Waals surface area (Å²) >= 11 is 1.91. The van der Waals surface area contributed by atoms with Crippen LogP contribution < -0.4 is 5.32 Å². The lowest BCUT2D eigenvalue weighted by Crippen LogP contribution is -2.47. The fraction of sp³-hybridized carbons (Fsp3) is 0.929. The fourth-order valence-electron chi connectivity index (χ4n) is 2.60. The van der Waals surface area contributed by atoms with E-state index in [1.165, 1.54) is 0 Å². The SMILES string of the molecule is CC1(C)CC(C)(C)C(C=O)CSC(C)(C)CN1. The fourth-order valence-corrected chi connectivity index (χ4v) is 3.93. The van der Waals surface area contributed by atoms with E-state index < -0.39 is 0 Å². The lowest BCUT2D eigenvalue weighted by atomic mass is 9.72.